The average molecular weight is 445 g/mol. The summed E-state index contributed by atoms with van der Waals surface area (Å²) in [7, 11) is 0. The van der Waals surface area contributed by atoms with E-state index in [2.05, 4.69) is 48.1 Å². The molecule has 0 bridgehead atoms. The van der Waals surface area contributed by atoms with Crippen LogP contribution in [-0.4, -0.2) is 11.2 Å². The van der Waals surface area contributed by atoms with Crippen molar-refractivity contribution < 1.29 is 5.11 Å². The standard InChI is InChI=1S/C25H42O.C3H8.C3H6/c1-16-18-10-14-25(4)20-9-13-23(2)12-5-6-19(23)17(20)7-8-22(25)24(18,3)15-11-21(16)26;2*1-3-2/h16-22,26H,5-15H2,1-4H3;3H2,1-2H3;3H,1H2,2H3/t16?,17-,18?,19?,20?,21+,22?,23-,24+,25+;;/m1../s1. The van der Waals surface area contributed by atoms with Crippen molar-refractivity contribution in [3.05, 3.63) is 12.7 Å². The normalized spacial score (nSPS) is 51.3. The lowest BCUT2D eigenvalue weighted by molar-refractivity contribution is -0.193. The Balaban J connectivity index is 0.000000437. The van der Waals surface area contributed by atoms with Crippen LogP contribution in [0.15, 0.2) is 12.7 Å². The molecule has 1 N–H and O–H groups in total. The van der Waals surface area contributed by atoms with Gasteiger partial charge in [-0.15, -0.1) is 6.58 Å². The molecule has 0 aromatic heterocycles. The summed E-state index contributed by atoms with van der Waals surface area (Å²) < 4.78 is 0. The molecule has 0 heterocycles. The van der Waals surface area contributed by atoms with Crippen LogP contribution < -0.4 is 0 Å². The fraction of sp³-hybridized carbons (Fsp3) is 0.935. The van der Waals surface area contributed by atoms with E-state index in [-0.39, 0.29) is 6.10 Å². The maximum absolute atomic E-state index is 10.5. The van der Waals surface area contributed by atoms with E-state index >= 15 is 0 Å². The number of rotatable bonds is 0. The summed E-state index contributed by atoms with van der Waals surface area (Å²) in [5.41, 5.74) is 1.77. The highest BCUT2D eigenvalue weighted by atomic mass is 16.3. The Hall–Kier alpha value is -0.300. The number of aliphatic hydroxyl groups excluding tert-OH is 1. The van der Waals surface area contributed by atoms with Gasteiger partial charge in [0.1, 0.15) is 0 Å². The van der Waals surface area contributed by atoms with Crippen molar-refractivity contribution in [1.82, 2.24) is 0 Å². The summed E-state index contributed by atoms with van der Waals surface area (Å²) in [6.07, 6.45) is 18.7. The van der Waals surface area contributed by atoms with Crippen molar-refractivity contribution in [2.45, 2.75) is 132 Å². The molecule has 5 aliphatic rings. The molecule has 1 nitrogen and oxygen atoms in total. The molecule has 0 aliphatic heterocycles. The van der Waals surface area contributed by atoms with Crippen molar-refractivity contribution in [2.24, 2.45) is 51.8 Å². The van der Waals surface area contributed by atoms with E-state index in [1.807, 2.05) is 6.92 Å². The Morgan fingerprint density at radius 1 is 0.812 bits per heavy atom. The van der Waals surface area contributed by atoms with E-state index in [1.165, 1.54) is 70.6 Å². The average Bonchev–Trinajstić information content (AvgIpc) is 3.14. The first-order chi connectivity index (χ1) is 15.1. The maximum atomic E-state index is 10.5. The van der Waals surface area contributed by atoms with E-state index in [1.54, 1.807) is 6.08 Å². The fourth-order valence-electron chi connectivity index (χ4n) is 10.2. The minimum atomic E-state index is -0.0392. The van der Waals surface area contributed by atoms with Crippen molar-refractivity contribution >= 4 is 0 Å². The lowest BCUT2D eigenvalue weighted by Crippen LogP contribution is -2.61. The van der Waals surface area contributed by atoms with Crippen LogP contribution in [0.25, 0.3) is 0 Å². The molecule has 0 spiro atoms. The predicted octanol–water partition coefficient (Wildman–Crippen LogP) is 9.05. The van der Waals surface area contributed by atoms with Crippen molar-refractivity contribution in [3.8, 4) is 0 Å². The van der Waals surface area contributed by atoms with Crippen molar-refractivity contribution in [1.29, 1.82) is 0 Å². The highest BCUT2D eigenvalue weighted by Gasteiger charge is 2.63. The first-order valence-electron chi connectivity index (χ1n) is 14.4. The lowest BCUT2D eigenvalue weighted by Gasteiger charge is -2.67. The van der Waals surface area contributed by atoms with Gasteiger partial charge in [-0.05, 0) is 123 Å². The van der Waals surface area contributed by atoms with Gasteiger partial charge < -0.3 is 5.11 Å². The van der Waals surface area contributed by atoms with Gasteiger partial charge in [0.05, 0.1) is 6.10 Å². The summed E-state index contributed by atoms with van der Waals surface area (Å²) in [4.78, 5) is 0. The monoisotopic (exact) mass is 444 g/mol. The van der Waals surface area contributed by atoms with Crippen LogP contribution in [0.5, 0.6) is 0 Å². The van der Waals surface area contributed by atoms with Gasteiger partial charge in [-0.1, -0.05) is 60.5 Å². The summed E-state index contributed by atoms with van der Waals surface area (Å²) >= 11 is 0. The van der Waals surface area contributed by atoms with Gasteiger partial charge in [0.2, 0.25) is 0 Å². The Bertz CT molecular complexity index is 626. The smallest absolute Gasteiger partial charge is 0.0568 e. The number of allylic oxidation sites excluding steroid dienone is 1. The molecule has 5 saturated carbocycles. The topological polar surface area (TPSA) is 20.2 Å². The summed E-state index contributed by atoms with van der Waals surface area (Å²) in [6.45, 7) is 19.9. The largest absolute Gasteiger partial charge is 0.393 e. The molecule has 5 unspecified atom stereocenters. The Morgan fingerprint density at radius 3 is 2.03 bits per heavy atom. The van der Waals surface area contributed by atoms with Gasteiger partial charge in [0, 0.05) is 0 Å². The quantitative estimate of drug-likeness (QED) is 0.369. The van der Waals surface area contributed by atoms with Gasteiger partial charge in [-0.2, -0.15) is 0 Å². The summed E-state index contributed by atoms with van der Waals surface area (Å²) in [6, 6.07) is 0. The zero-order valence-electron chi connectivity index (χ0n) is 22.8. The predicted molar refractivity (Wildman–Crippen MR) is 140 cm³/mol. The van der Waals surface area contributed by atoms with Crippen LogP contribution in [0.3, 0.4) is 0 Å². The van der Waals surface area contributed by atoms with Gasteiger partial charge in [0.15, 0.2) is 0 Å². The van der Waals surface area contributed by atoms with Crippen LogP contribution in [-0.2, 0) is 0 Å². The molecule has 1 heteroatoms. The van der Waals surface area contributed by atoms with E-state index in [9.17, 15) is 5.11 Å². The van der Waals surface area contributed by atoms with E-state index in [0.29, 0.717) is 22.2 Å². The minimum Gasteiger partial charge on any atom is -0.393 e. The second kappa shape index (κ2) is 10.1. The van der Waals surface area contributed by atoms with Crippen molar-refractivity contribution in [3.63, 3.8) is 0 Å². The van der Waals surface area contributed by atoms with E-state index in [4.69, 9.17) is 0 Å². The Kier molecular flexibility index (Phi) is 8.33. The minimum absolute atomic E-state index is 0.0392. The van der Waals surface area contributed by atoms with Crippen LogP contribution in [0.4, 0.5) is 0 Å². The van der Waals surface area contributed by atoms with E-state index < -0.39 is 0 Å². The van der Waals surface area contributed by atoms with Gasteiger partial charge in [-0.25, -0.2) is 0 Å². The molecule has 0 aromatic rings. The molecular formula is C31H56O. The number of aliphatic hydroxyl groups is 1. The molecule has 0 amide bonds. The molecule has 186 valence electrons. The number of hydrogen-bond acceptors (Lipinski definition) is 1. The molecule has 0 radical (unpaired) electrons. The van der Waals surface area contributed by atoms with Crippen LogP contribution in [0.1, 0.15) is 126 Å². The highest BCUT2D eigenvalue weighted by Crippen LogP contribution is 2.71. The third-order valence-corrected chi connectivity index (χ3v) is 11.5. The highest BCUT2D eigenvalue weighted by molar-refractivity contribution is 5.13. The fourth-order valence-corrected chi connectivity index (χ4v) is 10.2. The van der Waals surface area contributed by atoms with Crippen LogP contribution >= 0.6 is 0 Å². The van der Waals surface area contributed by atoms with E-state index in [0.717, 1.165) is 36.0 Å². The first kappa shape index (κ1) is 26.3. The number of hydrogen-bond donors (Lipinski definition) is 1. The van der Waals surface area contributed by atoms with Crippen LogP contribution in [0, 0.1) is 51.8 Å². The first-order valence-corrected chi connectivity index (χ1v) is 14.4. The molecule has 5 fully saturated rings. The summed E-state index contributed by atoms with van der Waals surface area (Å²) in [5, 5.41) is 10.5. The molecule has 10 atom stereocenters. The Morgan fingerprint density at radius 2 is 1.38 bits per heavy atom. The third kappa shape index (κ3) is 4.27. The summed E-state index contributed by atoms with van der Waals surface area (Å²) in [5.74, 6) is 5.26. The molecule has 5 rings (SSSR count). The Labute approximate surface area is 201 Å². The van der Waals surface area contributed by atoms with Gasteiger partial charge in [0.25, 0.3) is 0 Å². The molecular weight excluding hydrogens is 388 g/mol. The van der Waals surface area contributed by atoms with Crippen molar-refractivity contribution in [2.75, 3.05) is 0 Å². The zero-order valence-corrected chi connectivity index (χ0v) is 22.8. The molecule has 32 heavy (non-hydrogen) atoms. The zero-order chi connectivity index (χ0) is 23.7. The number of fused-ring (bicyclic) bond motifs is 7. The lowest BCUT2D eigenvalue weighted by atomic mass is 9.38. The van der Waals surface area contributed by atoms with Gasteiger partial charge >= 0.3 is 0 Å². The van der Waals surface area contributed by atoms with Crippen LogP contribution in [0.2, 0.25) is 0 Å². The van der Waals surface area contributed by atoms with Gasteiger partial charge in [-0.3, -0.25) is 0 Å². The second-order valence-corrected chi connectivity index (χ2v) is 13.3. The molecule has 0 aromatic carbocycles. The third-order valence-electron chi connectivity index (χ3n) is 11.5. The molecule has 0 saturated heterocycles. The second-order valence-electron chi connectivity index (χ2n) is 13.3. The SMILES string of the molecule is C=CC.CC1C2CC[C@@]3(C)C4CC[C@@]5(C)CCCC5[C@H]4CCC3[C@@]2(C)CC[C@@H]1O.CCC. The maximum Gasteiger partial charge on any atom is 0.0568 e. The molecule has 5 aliphatic carbocycles.